The lowest BCUT2D eigenvalue weighted by Crippen LogP contribution is -2.45. The molecule has 0 aromatic heterocycles. The summed E-state index contributed by atoms with van der Waals surface area (Å²) in [5.74, 6) is -0.317. The third-order valence-corrected chi connectivity index (χ3v) is 5.11. The standard InChI is InChI=1S/C23H29NO3/c1-3-18-26-23(19-10-6-4-7-11-19,20-12-8-5-9-13-20)22(25)27-21-14-16-24(2)17-15-21/h4-13,21H,3,14-18H2,1-2H3. The van der Waals surface area contributed by atoms with Gasteiger partial charge in [-0.2, -0.15) is 0 Å². The second kappa shape index (κ2) is 9.16. The first kappa shape index (κ1) is 19.6. The Morgan fingerprint density at radius 3 is 2.00 bits per heavy atom. The summed E-state index contributed by atoms with van der Waals surface area (Å²) >= 11 is 0. The predicted molar refractivity (Wildman–Crippen MR) is 107 cm³/mol. The Kier molecular flexibility index (Phi) is 6.64. The van der Waals surface area contributed by atoms with Crippen LogP contribution in [0.4, 0.5) is 0 Å². The Labute approximate surface area is 162 Å². The van der Waals surface area contributed by atoms with E-state index >= 15 is 0 Å². The average molecular weight is 367 g/mol. The maximum atomic E-state index is 13.6. The van der Waals surface area contributed by atoms with Gasteiger partial charge in [-0.1, -0.05) is 67.6 Å². The number of hydrogen-bond donors (Lipinski definition) is 0. The Morgan fingerprint density at radius 2 is 1.52 bits per heavy atom. The topological polar surface area (TPSA) is 38.8 Å². The normalized spacial score (nSPS) is 16.2. The Bertz CT molecular complexity index is 669. The Morgan fingerprint density at radius 1 is 1.00 bits per heavy atom. The molecule has 0 aliphatic carbocycles. The average Bonchev–Trinajstić information content (AvgIpc) is 2.72. The van der Waals surface area contributed by atoms with Crippen LogP contribution in [0.2, 0.25) is 0 Å². The zero-order valence-corrected chi connectivity index (χ0v) is 16.3. The van der Waals surface area contributed by atoms with E-state index in [-0.39, 0.29) is 12.1 Å². The third kappa shape index (κ3) is 4.40. The molecule has 1 saturated heterocycles. The van der Waals surface area contributed by atoms with E-state index < -0.39 is 5.60 Å². The maximum absolute atomic E-state index is 13.6. The lowest BCUT2D eigenvalue weighted by atomic mass is 9.85. The van der Waals surface area contributed by atoms with E-state index in [0.717, 1.165) is 43.5 Å². The van der Waals surface area contributed by atoms with Crippen molar-refractivity contribution < 1.29 is 14.3 Å². The van der Waals surface area contributed by atoms with Crippen molar-refractivity contribution in [1.82, 2.24) is 4.90 Å². The third-order valence-electron chi connectivity index (χ3n) is 5.11. The molecule has 4 heteroatoms. The first-order chi connectivity index (χ1) is 13.2. The van der Waals surface area contributed by atoms with Gasteiger partial charge in [0.15, 0.2) is 0 Å². The molecule has 0 amide bonds. The number of rotatable bonds is 7. The zero-order valence-electron chi connectivity index (χ0n) is 16.3. The summed E-state index contributed by atoms with van der Waals surface area (Å²) in [5, 5.41) is 0. The minimum absolute atomic E-state index is 0.0641. The van der Waals surface area contributed by atoms with Crippen molar-refractivity contribution in [2.45, 2.75) is 37.9 Å². The summed E-state index contributed by atoms with van der Waals surface area (Å²) in [7, 11) is 2.10. The van der Waals surface area contributed by atoms with E-state index in [1.165, 1.54) is 0 Å². The number of carbonyl (C=O) groups excluding carboxylic acids is 1. The summed E-state index contributed by atoms with van der Waals surface area (Å²) in [4.78, 5) is 15.8. The summed E-state index contributed by atoms with van der Waals surface area (Å²) < 4.78 is 12.3. The SMILES string of the molecule is CCCOC(C(=O)OC1CCN(C)CC1)(c1ccccc1)c1ccccc1. The van der Waals surface area contributed by atoms with Crippen LogP contribution >= 0.6 is 0 Å². The first-order valence-corrected chi connectivity index (χ1v) is 9.81. The molecule has 0 unspecified atom stereocenters. The molecule has 4 nitrogen and oxygen atoms in total. The lowest BCUT2D eigenvalue weighted by molar-refractivity contribution is -0.176. The summed E-state index contributed by atoms with van der Waals surface area (Å²) in [6.07, 6.45) is 2.47. The van der Waals surface area contributed by atoms with Gasteiger partial charge in [0, 0.05) is 19.7 Å². The number of hydrogen-bond acceptors (Lipinski definition) is 4. The van der Waals surface area contributed by atoms with Crippen molar-refractivity contribution in [3.8, 4) is 0 Å². The summed E-state index contributed by atoms with van der Waals surface area (Å²) in [5.41, 5.74) is 0.382. The molecule has 1 fully saturated rings. The van der Waals surface area contributed by atoms with Gasteiger partial charge in [-0.3, -0.25) is 0 Å². The van der Waals surface area contributed by atoms with E-state index in [9.17, 15) is 4.79 Å². The van der Waals surface area contributed by atoms with Crippen LogP contribution in [0.25, 0.3) is 0 Å². The number of carbonyl (C=O) groups is 1. The highest BCUT2D eigenvalue weighted by Crippen LogP contribution is 2.36. The van der Waals surface area contributed by atoms with Crippen LogP contribution in [-0.2, 0) is 19.9 Å². The van der Waals surface area contributed by atoms with Crippen molar-refractivity contribution in [3.63, 3.8) is 0 Å². The molecule has 0 saturated carbocycles. The van der Waals surface area contributed by atoms with Gasteiger partial charge < -0.3 is 14.4 Å². The highest BCUT2D eigenvalue weighted by Gasteiger charge is 2.46. The molecule has 1 aliphatic rings. The van der Waals surface area contributed by atoms with E-state index in [4.69, 9.17) is 9.47 Å². The second-order valence-electron chi connectivity index (χ2n) is 7.17. The van der Waals surface area contributed by atoms with Crippen LogP contribution in [0, 0.1) is 0 Å². The molecular weight excluding hydrogens is 338 g/mol. The van der Waals surface area contributed by atoms with Crippen molar-refractivity contribution in [2.75, 3.05) is 26.7 Å². The monoisotopic (exact) mass is 367 g/mol. The van der Waals surface area contributed by atoms with Gasteiger partial charge in [0.25, 0.3) is 0 Å². The second-order valence-corrected chi connectivity index (χ2v) is 7.17. The van der Waals surface area contributed by atoms with Crippen molar-refractivity contribution in [3.05, 3.63) is 71.8 Å². The highest BCUT2D eigenvalue weighted by molar-refractivity contribution is 5.86. The first-order valence-electron chi connectivity index (χ1n) is 9.81. The molecular formula is C23H29NO3. The van der Waals surface area contributed by atoms with Crippen LogP contribution in [0.1, 0.15) is 37.3 Å². The van der Waals surface area contributed by atoms with Crippen molar-refractivity contribution >= 4 is 5.97 Å². The molecule has 3 rings (SSSR count). The number of benzene rings is 2. The van der Waals surface area contributed by atoms with Crippen LogP contribution in [0.3, 0.4) is 0 Å². The van der Waals surface area contributed by atoms with E-state index in [0.29, 0.717) is 6.61 Å². The van der Waals surface area contributed by atoms with Crippen LogP contribution in [-0.4, -0.2) is 43.7 Å². The molecule has 1 aliphatic heterocycles. The Balaban J connectivity index is 1.98. The van der Waals surface area contributed by atoms with E-state index in [2.05, 4.69) is 11.9 Å². The van der Waals surface area contributed by atoms with E-state index in [1.54, 1.807) is 0 Å². The van der Waals surface area contributed by atoms with Crippen LogP contribution in [0.15, 0.2) is 60.7 Å². The number of piperidine rings is 1. The Hall–Kier alpha value is -2.17. The van der Waals surface area contributed by atoms with Gasteiger partial charge in [0.05, 0.1) is 0 Å². The predicted octanol–water partition coefficient (Wildman–Crippen LogP) is 3.99. The maximum Gasteiger partial charge on any atom is 0.348 e. The molecule has 0 N–H and O–H groups in total. The number of ether oxygens (including phenoxy) is 2. The largest absolute Gasteiger partial charge is 0.460 e. The molecule has 0 atom stereocenters. The minimum Gasteiger partial charge on any atom is -0.460 e. The molecule has 27 heavy (non-hydrogen) atoms. The molecule has 0 radical (unpaired) electrons. The molecule has 0 bridgehead atoms. The van der Waals surface area contributed by atoms with Gasteiger partial charge in [0.1, 0.15) is 6.10 Å². The fourth-order valence-electron chi connectivity index (χ4n) is 3.57. The van der Waals surface area contributed by atoms with Crippen molar-refractivity contribution in [2.24, 2.45) is 0 Å². The van der Waals surface area contributed by atoms with E-state index in [1.807, 2.05) is 67.6 Å². The van der Waals surface area contributed by atoms with Gasteiger partial charge in [-0.05, 0) is 37.4 Å². The zero-order chi connectivity index (χ0) is 19.1. The quantitative estimate of drug-likeness (QED) is 0.694. The fraction of sp³-hybridized carbons (Fsp3) is 0.435. The number of likely N-dealkylation sites (tertiary alicyclic amines) is 1. The smallest absolute Gasteiger partial charge is 0.348 e. The van der Waals surface area contributed by atoms with Gasteiger partial charge in [0.2, 0.25) is 5.60 Å². The number of esters is 1. The lowest BCUT2D eigenvalue weighted by Gasteiger charge is -2.36. The van der Waals surface area contributed by atoms with Crippen molar-refractivity contribution in [1.29, 1.82) is 0 Å². The van der Waals surface area contributed by atoms with Gasteiger partial charge >= 0.3 is 5.97 Å². The summed E-state index contributed by atoms with van der Waals surface area (Å²) in [6, 6.07) is 19.4. The molecule has 2 aromatic rings. The van der Waals surface area contributed by atoms with Crippen LogP contribution < -0.4 is 0 Å². The molecule has 0 spiro atoms. The summed E-state index contributed by atoms with van der Waals surface area (Å²) in [6.45, 7) is 4.41. The number of nitrogens with zero attached hydrogens (tertiary/aromatic N) is 1. The minimum atomic E-state index is -1.23. The highest BCUT2D eigenvalue weighted by atomic mass is 16.6. The van der Waals surface area contributed by atoms with Gasteiger partial charge in [-0.15, -0.1) is 0 Å². The molecule has 2 aromatic carbocycles. The molecule has 1 heterocycles. The fourth-order valence-corrected chi connectivity index (χ4v) is 3.57. The van der Waals surface area contributed by atoms with Gasteiger partial charge in [-0.25, -0.2) is 4.79 Å². The molecule has 144 valence electrons. The van der Waals surface area contributed by atoms with Crippen LogP contribution in [0.5, 0.6) is 0 Å².